The van der Waals surface area contributed by atoms with Crippen LogP contribution in [0.1, 0.15) is 26.2 Å². The largest absolute Gasteiger partial charge is 0.497 e. The Morgan fingerprint density at radius 3 is 2.82 bits per heavy atom. The lowest BCUT2D eigenvalue weighted by Gasteiger charge is -2.19. The van der Waals surface area contributed by atoms with Crippen molar-refractivity contribution < 1.29 is 10.6 Å². The predicted molar refractivity (Wildman–Crippen MR) is 72.1 cm³/mol. The Hall–Kier alpha value is -0.630. The van der Waals surface area contributed by atoms with Crippen LogP contribution in [0.3, 0.4) is 0 Å². The molecule has 0 radical (unpaired) electrons. The van der Waals surface area contributed by atoms with Crippen molar-refractivity contribution >= 4 is 9.47 Å². The molecule has 0 saturated heterocycles. The predicted octanol–water partition coefficient (Wildman–Crippen LogP) is 2.51. The van der Waals surface area contributed by atoms with Crippen molar-refractivity contribution in [2.24, 2.45) is 0 Å². The van der Waals surface area contributed by atoms with Crippen molar-refractivity contribution in [3.05, 3.63) is 29.8 Å². The Morgan fingerprint density at radius 1 is 1.41 bits per heavy atom. The van der Waals surface area contributed by atoms with E-state index in [1.54, 1.807) is 7.11 Å². The van der Waals surface area contributed by atoms with Gasteiger partial charge >= 0.3 is 0 Å². The van der Waals surface area contributed by atoms with E-state index in [0.717, 1.165) is 30.6 Å². The van der Waals surface area contributed by atoms with E-state index in [9.17, 15) is 0 Å². The Balaban J connectivity index is 1.93. The van der Waals surface area contributed by atoms with Crippen LogP contribution >= 0.6 is 9.47 Å². The van der Waals surface area contributed by atoms with Crippen molar-refractivity contribution in [2.75, 3.05) is 7.11 Å². The summed E-state index contributed by atoms with van der Waals surface area (Å²) in [6.45, 7) is 0.679. The average Bonchev–Trinajstić information content (AvgIpc) is 2.78. The monoisotopic (exact) mass is 254 g/mol. The van der Waals surface area contributed by atoms with Gasteiger partial charge in [-0.25, -0.2) is 0 Å². The molecular weight excluding hydrogens is 233 g/mol. The second kappa shape index (κ2) is 6.34. The minimum Gasteiger partial charge on any atom is -0.497 e. The van der Waals surface area contributed by atoms with Gasteiger partial charge in [0.25, 0.3) is 0 Å². The molecule has 4 heteroatoms. The third kappa shape index (κ3) is 3.41. The fourth-order valence-corrected chi connectivity index (χ4v) is 2.42. The number of methoxy groups -OCH3 is 1. The third-order valence-corrected chi connectivity index (χ3v) is 3.47. The minimum atomic E-state index is -0.665. The zero-order valence-electron chi connectivity index (χ0n) is 11.1. The van der Waals surface area contributed by atoms with Crippen molar-refractivity contribution in [1.29, 1.82) is 0 Å². The Kier molecular flexibility index (Phi) is 4.28. The van der Waals surface area contributed by atoms with Crippen molar-refractivity contribution in [3.8, 4) is 5.75 Å². The number of rotatable bonds is 5. The van der Waals surface area contributed by atoms with Crippen LogP contribution < -0.4 is 10.1 Å². The summed E-state index contributed by atoms with van der Waals surface area (Å²) in [6.07, 6.45) is 2.78. The smallest absolute Gasteiger partial charge is 0.118 e. The molecule has 1 aromatic carbocycles. The highest BCUT2D eigenvalue weighted by atomic mass is 31.0. The number of hydrogen-bond acceptors (Lipinski definition) is 3. The van der Waals surface area contributed by atoms with Gasteiger partial charge in [0.05, 0.1) is 13.2 Å². The summed E-state index contributed by atoms with van der Waals surface area (Å²) in [5.41, 5.74) is 1.15. The summed E-state index contributed by atoms with van der Waals surface area (Å²) >= 11 is 0. The summed E-state index contributed by atoms with van der Waals surface area (Å²) in [7, 11) is 3.94. The molecule has 17 heavy (non-hydrogen) atoms. The first kappa shape index (κ1) is 11.5. The Labute approximate surface area is 107 Å². The van der Waals surface area contributed by atoms with Gasteiger partial charge in [-0.2, -0.15) is 0 Å². The summed E-state index contributed by atoms with van der Waals surface area (Å²) in [6, 6.07) is 7.24. The van der Waals surface area contributed by atoms with E-state index in [4.69, 9.17) is 10.6 Å². The molecule has 0 spiro atoms. The van der Waals surface area contributed by atoms with Gasteiger partial charge in [-0.1, -0.05) is 12.1 Å². The summed E-state index contributed by atoms with van der Waals surface area (Å²) < 4.78 is 18.8. The van der Waals surface area contributed by atoms with Crippen LogP contribution in [0.2, 0.25) is 0 Å². The molecule has 94 valence electrons. The van der Waals surface area contributed by atoms with Crippen molar-refractivity contribution in [3.63, 3.8) is 0 Å². The van der Waals surface area contributed by atoms with Crippen LogP contribution in [0, 0.1) is 0 Å². The van der Waals surface area contributed by atoms with Crippen molar-refractivity contribution in [1.82, 2.24) is 5.32 Å². The second-order valence-corrected chi connectivity index (χ2v) is 4.52. The van der Waals surface area contributed by atoms with Gasteiger partial charge in [0, 0.05) is 23.4 Å². The van der Waals surface area contributed by atoms with E-state index in [1.165, 1.54) is 0 Å². The Morgan fingerprint density at radius 2 is 2.18 bits per heavy atom. The molecule has 1 aliphatic carbocycles. The number of nitrogens with one attached hydrogen (secondary N) is 1. The van der Waals surface area contributed by atoms with Gasteiger partial charge in [0.15, 0.2) is 0 Å². The minimum absolute atomic E-state index is 0.0410. The molecule has 3 nitrogen and oxygen atoms in total. The maximum Gasteiger partial charge on any atom is 0.118 e. The summed E-state index contributed by atoms with van der Waals surface area (Å²) in [5, 5.41) is 3.30. The number of ether oxygens (including phenoxy) is 1. The van der Waals surface area contributed by atoms with Gasteiger partial charge < -0.3 is 14.6 Å². The molecule has 1 aromatic rings. The van der Waals surface area contributed by atoms with Gasteiger partial charge in [-0.15, -0.1) is 0 Å². The fraction of sp³-hybridized carbons (Fsp3) is 0.538. The fourth-order valence-electron chi connectivity index (χ4n) is 2.12. The van der Waals surface area contributed by atoms with Crippen LogP contribution in [0.15, 0.2) is 24.3 Å². The molecule has 1 N–H and O–H groups in total. The van der Waals surface area contributed by atoms with E-state index in [-0.39, 0.29) is 6.10 Å². The molecule has 1 fully saturated rings. The zero-order chi connectivity index (χ0) is 13.0. The Bertz CT molecular complexity index is 387. The molecule has 0 amide bonds. The third-order valence-electron chi connectivity index (χ3n) is 3.14. The highest BCUT2D eigenvalue weighted by Crippen LogP contribution is 2.24. The molecule has 0 heterocycles. The maximum atomic E-state index is 8.39. The topological polar surface area (TPSA) is 30.5 Å². The zero-order valence-corrected chi connectivity index (χ0v) is 11.3. The molecule has 0 bridgehead atoms. The first-order chi connectivity index (χ1) is 8.68. The first-order valence-corrected chi connectivity index (χ1v) is 6.38. The van der Waals surface area contributed by atoms with E-state index < -0.39 is 6.02 Å². The molecule has 1 aliphatic rings. The van der Waals surface area contributed by atoms with Crippen LogP contribution in [0.25, 0.3) is 0 Å². The molecule has 0 aromatic heterocycles. The summed E-state index contributed by atoms with van der Waals surface area (Å²) in [4.78, 5) is 0. The van der Waals surface area contributed by atoms with E-state index >= 15 is 0 Å². The van der Waals surface area contributed by atoms with Gasteiger partial charge in [0.1, 0.15) is 5.75 Å². The highest BCUT2D eigenvalue weighted by molar-refractivity contribution is 7.09. The number of hydrogen-bond donors (Lipinski definition) is 1. The molecular formula is C13H20NO2P. The first-order valence-electron chi connectivity index (χ1n) is 6.41. The van der Waals surface area contributed by atoms with Crippen molar-refractivity contribution in [2.45, 2.75) is 37.9 Å². The molecule has 2 rings (SSSR count). The lowest BCUT2D eigenvalue weighted by atomic mass is 10.1. The highest BCUT2D eigenvalue weighted by Gasteiger charge is 2.26. The maximum absolute atomic E-state index is 8.39. The lowest BCUT2D eigenvalue weighted by molar-refractivity contribution is 0.205. The van der Waals surface area contributed by atoms with Crippen LogP contribution in [0.4, 0.5) is 0 Å². The average molecular weight is 254 g/mol. The van der Waals surface area contributed by atoms with Crippen LogP contribution in [0.5, 0.6) is 5.75 Å². The van der Waals surface area contributed by atoms with Gasteiger partial charge in [0.2, 0.25) is 0 Å². The van der Waals surface area contributed by atoms with E-state index in [0.29, 0.717) is 6.54 Å². The van der Waals surface area contributed by atoms with Gasteiger partial charge in [-0.05, 0) is 37.0 Å². The van der Waals surface area contributed by atoms with Crippen LogP contribution in [-0.2, 0) is 11.1 Å². The van der Waals surface area contributed by atoms with E-state index in [2.05, 4.69) is 14.8 Å². The molecule has 0 aliphatic heterocycles. The molecule has 1 saturated carbocycles. The SMILES string of the molecule is [2H][C@@]1(NCc2ccc(OC)cc2)CCC[C@H]1OP. The molecule has 1 unspecified atom stereocenters. The van der Waals surface area contributed by atoms with Crippen LogP contribution in [-0.4, -0.2) is 19.2 Å². The molecule has 3 atom stereocenters. The van der Waals surface area contributed by atoms with E-state index in [1.807, 2.05) is 24.3 Å². The standard InChI is InChI=1S/C13H20NO2P/c1-15-11-7-5-10(6-8-11)9-14-12-3-2-4-13(12)16-17/h5-8,12-14H,2-4,9,17H2,1H3/t12-,13-/m1/s1/i12D. The normalized spacial score (nSPS) is 29.1. The second-order valence-electron chi connectivity index (χ2n) is 4.24. The van der Waals surface area contributed by atoms with Gasteiger partial charge in [-0.3, -0.25) is 0 Å². The number of benzene rings is 1. The lowest BCUT2D eigenvalue weighted by Crippen LogP contribution is -2.35. The summed E-state index contributed by atoms with van der Waals surface area (Å²) in [5.74, 6) is 0.853. The quantitative estimate of drug-likeness (QED) is 0.819.